The van der Waals surface area contributed by atoms with Gasteiger partial charge >= 0.3 is 6.09 Å². The Morgan fingerprint density at radius 1 is 1.25 bits per heavy atom. The number of nitrogens with one attached hydrogen (secondary N) is 1. The third-order valence-electron chi connectivity index (χ3n) is 4.72. The van der Waals surface area contributed by atoms with Crippen molar-refractivity contribution in [1.29, 1.82) is 0 Å². The number of hydrogen-bond acceptors (Lipinski definition) is 7. The van der Waals surface area contributed by atoms with E-state index in [0.717, 1.165) is 5.69 Å². The van der Waals surface area contributed by atoms with E-state index in [1.54, 1.807) is 17.2 Å². The summed E-state index contributed by atoms with van der Waals surface area (Å²) < 4.78 is 5.41. The number of piperidine rings is 1. The van der Waals surface area contributed by atoms with Crippen molar-refractivity contribution in [2.24, 2.45) is 5.92 Å². The molecule has 2 saturated heterocycles. The summed E-state index contributed by atoms with van der Waals surface area (Å²) in [5.74, 6) is -0.104. The maximum atomic E-state index is 12.2. The minimum absolute atomic E-state index is 0.215. The Morgan fingerprint density at radius 3 is 2.61 bits per heavy atom. The summed E-state index contributed by atoms with van der Waals surface area (Å²) in [7, 11) is 0. The molecule has 2 aliphatic rings. The molecular weight excluding hydrogens is 362 g/mol. The van der Waals surface area contributed by atoms with Gasteiger partial charge in [0.1, 0.15) is 5.60 Å². The average molecular weight is 389 g/mol. The van der Waals surface area contributed by atoms with E-state index < -0.39 is 5.60 Å². The molecule has 1 aromatic rings. The van der Waals surface area contributed by atoms with E-state index in [9.17, 15) is 14.4 Å². The molecule has 0 saturated carbocycles. The second-order valence-electron chi connectivity index (χ2n) is 8.15. The summed E-state index contributed by atoms with van der Waals surface area (Å²) in [5, 5.41) is 2.38. The van der Waals surface area contributed by atoms with Gasteiger partial charge in [0.05, 0.1) is 0 Å². The number of anilines is 1. The number of rotatable bonds is 3. The molecule has 9 heteroatoms. The van der Waals surface area contributed by atoms with Crippen LogP contribution in [0.1, 0.15) is 39.3 Å². The number of imide groups is 1. The molecule has 0 spiro atoms. The van der Waals surface area contributed by atoms with Crippen molar-refractivity contribution < 1.29 is 19.1 Å². The molecule has 0 aliphatic carbocycles. The van der Waals surface area contributed by atoms with E-state index in [2.05, 4.69) is 15.3 Å². The molecule has 0 bridgehead atoms. The van der Waals surface area contributed by atoms with Crippen molar-refractivity contribution in [2.45, 2.75) is 45.6 Å². The number of amides is 3. The van der Waals surface area contributed by atoms with Crippen molar-refractivity contribution in [1.82, 2.24) is 20.2 Å². The Hall–Kier alpha value is -2.71. The topological polar surface area (TPSA) is 105 Å². The van der Waals surface area contributed by atoms with E-state index in [1.807, 2.05) is 25.7 Å². The number of piperazine rings is 1. The second-order valence-corrected chi connectivity index (χ2v) is 8.15. The Labute approximate surface area is 164 Å². The number of carbonyl (C=O) groups is 3. The maximum absolute atomic E-state index is 12.2. The van der Waals surface area contributed by atoms with Crippen LogP contribution in [0.3, 0.4) is 0 Å². The summed E-state index contributed by atoms with van der Waals surface area (Å²) in [5.41, 5.74) is 0.260. The molecule has 3 amide bonds. The van der Waals surface area contributed by atoms with E-state index >= 15 is 0 Å². The number of hydrogen-bond donors (Lipinski definition) is 1. The van der Waals surface area contributed by atoms with Crippen LogP contribution in [-0.4, -0.2) is 64.6 Å². The minimum atomic E-state index is -0.512. The van der Waals surface area contributed by atoms with Crippen molar-refractivity contribution >= 4 is 23.9 Å². The van der Waals surface area contributed by atoms with E-state index in [0.29, 0.717) is 51.4 Å². The van der Waals surface area contributed by atoms with Crippen LogP contribution >= 0.6 is 0 Å². The van der Waals surface area contributed by atoms with Crippen molar-refractivity contribution in [3.63, 3.8) is 0 Å². The maximum Gasteiger partial charge on any atom is 0.410 e. The molecule has 2 aliphatic heterocycles. The molecule has 0 radical (unpaired) electrons. The number of nitrogens with zero attached hydrogens (tertiary/aromatic N) is 4. The lowest BCUT2D eigenvalue weighted by molar-refractivity contribution is -0.136. The van der Waals surface area contributed by atoms with Gasteiger partial charge in [-0.25, -0.2) is 14.8 Å². The SMILES string of the molecule is CC(C)(C)OC(=O)N1CCN(c2nccc(CC3CCC(=O)NC3=O)n2)CC1. The number of aromatic nitrogens is 2. The third-order valence-corrected chi connectivity index (χ3v) is 4.72. The fourth-order valence-corrected chi connectivity index (χ4v) is 3.25. The van der Waals surface area contributed by atoms with E-state index in [4.69, 9.17) is 4.74 Å². The molecule has 1 atom stereocenters. The predicted octanol–water partition coefficient (Wildman–Crippen LogP) is 1.13. The Bertz CT molecular complexity index is 753. The van der Waals surface area contributed by atoms with Gasteiger partial charge in [-0.1, -0.05) is 0 Å². The van der Waals surface area contributed by atoms with Crippen LogP contribution in [0.15, 0.2) is 12.3 Å². The van der Waals surface area contributed by atoms with Gasteiger partial charge in [-0.3, -0.25) is 14.9 Å². The highest BCUT2D eigenvalue weighted by atomic mass is 16.6. The van der Waals surface area contributed by atoms with Gasteiger partial charge in [0.25, 0.3) is 0 Å². The highest BCUT2D eigenvalue weighted by Crippen LogP contribution is 2.19. The van der Waals surface area contributed by atoms with Gasteiger partial charge in [0.2, 0.25) is 17.8 Å². The van der Waals surface area contributed by atoms with Gasteiger partial charge in [-0.2, -0.15) is 0 Å². The highest BCUT2D eigenvalue weighted by Gasteiger charge is 2.29. The number of ether oxygens (including phenoxy) is 1. The van der Waals surface area contributed by atoms with Gasteiger partial charge in [0.15, 0.2) is 0 Å². The Kier molecular flexibility index (Phi) is 5.81. The summed E-state index contributed by atoms with van der Waals surface area (Å²) in [6.45, 7) is 7.85. The fourth-order valence-electron chi connectivity index (χ4n) is 3.25. The van der Waals surface area contributed by atoms with Crippen molar-refractivity contribution in [2.75, 3.05) is 31.1 Å². The third kappa shape index (κ3) is 5.17. The predicted molar refractivity (Wildman–Crippen MR) is 102 cm³/mol. The van der Waals surface area contributed by atoms with Crippen LogP contribution in [0, 0.1) is 5.92 Å². The summed E-state index contributed by atoms with van der Waals surface area (Å²) >= 11 is 0. The standard InChI is InChI=1S/C19H27N5O4/c1-19(2,3)28-18(27)24-10-8-23(9-11-24)17-20-7-6-14(21-17)12-13-4-5-15(25)22-16(13)26/h6-7,13H,4-5,8-12H2,1-3H3,(H,22,25,26). The first-order chi connectivity index (χ1) is 13.2. The second kappa shape index (κ2) is 8.12. The number of carbonyl (C=O) groups excluding carboxylic acids is 3. The van der Waals surface area contributed by atoms with Gasteiger partial charge in [0, 0.05) is 56.8 Å². The lowest BCUT2D eigenvalue weighted by Crippen LogP contribution is -2.50. The molecule has 28 heavy (non-hydrogen) atoms. The fraction of sp³-hybridized carbons (Fsp3) is 0.632. The molecule has 152 valence electrons. The van der Waals surface area contributed by atoms with Crippen LogP contribution in [0.25, 0.3) is 0 Å². The first kappa shape index (κ1) is 20.0. The zero-order valence-corrected chi connectivity index (χ0v) is 16.6. The molecule has 3 heterocycles. The average Bonchev–Trinajstić information content (AvgIpc) is 2.63. The first-order valence-electron chi connectivity index (χ1n) is 9.60. The van der Waals surface area contributed by atoms with E-state index in [1.165, 1.54) is 0 Å². The van der Waals surface area contributed by atoms with Gasteiger partial charge in [-0.15, -0.1) is 0 Å². The lowest BCUT2D eigenvalue weighted by Gasteiger charge is -2.35. The quantitative estimate of drug-likeness (QED) is 0.773. The normalized spacial score (nSPS) is 20.8. The van der Waals surface area contributed by atoms with Gasteiger partial charge in [-0.05, 0) is 33.3 Å². The van der Waals surface area contributed by atoms with Crippen LogP contribution < -0.4 is 10.2 Å². The van der Waals surface area contributed by atoms with Crippen LogP contribution in [0.5, 0.6) is 0 Å². The summed E-state index contributed by atoms with van der Waals surface area (Å²) in [6, 6.07) is 1.80. The van der Waals surface area contributed by atoms with Crippen LogP contribution in [0.4, 0.5) is 10.7 Å². The smallest absolute Gasteiger partial charge is 0.410 e. The molecule has 0 aromatic carbocycles. The van der Waals surface area contributed by atoms with Crippen molar-refractivity contribution in [3.05, 3.63) is 18.0 Å². The molecule has 2 fully saturated rings. The van der Waals surface area contributed by atoms with Crippen LogP contribution in [0.2, 0.25) is 0 Å². The van der Waals surface area contributed by atoms with Gasteiger partial charge < -0.3 is 14.5 Å². The zero-order valence-electron chi connectivity index (χ0n) is 16.6. The lowest BCUT2D eigenvalue weighted by atomic mass is 9.93. The Balaban J connectivity index is 1.57. The van der Waals surface area contributed by atoms with Crippen molar-refractivity contribution in [3.8, 4) is 0 Å². The summed E-state index contributed by atoms with van der Waals surface area (Å²) in [6.07, 6.45) is 2.76. The Morgan fingerprint density at radius 2 is 1.96 bits per heavy atom. The van der Waals surface area contributed by atoms with Crippen LogP contribution in [-0.2, 0) is 20.7 Å². The minimum Gasteiger partial charge on any atom is -0.444 e. The first-order valence-corrected chi connectivity index (χ1v) is 9.60. The zero-order chi connectivity index (χ0) is 20.3. The molecule has 1 unspecified atom stereocenters. The molecule has 1 aromatic heterocycles. The molecular formula is C19H27N5O4. The monoisotopic (exact) mass is 389 g/mol. The molecule has 9 nitrogen and oxygen atoms in total. The summed E-state index contributed by atoms with van der Waals surface area (Å²) in [4.78, 5) is 48.1. The van der Waals surface area contributed by atoms with E-state index in [-0.39, 0.29) is 23.8 Å². The molecule has 1 N–H and O–H groups in total. The highest BCUT2D eigenvalue weighted by molar-refractivity contribution is 5.98. The largest absolute Gasteiger partial charge is 0.444 e. The molecule has 3 rings (SSSR count).